The predicted molar refractivity (Wildman–Crippen MR) is 104 cm³/mol. The Labute approximate surface area is 158 Å². The van der Waals surface area contributed by atoms with E-state index < -0.39 is 17.5 Å². The zero-order valence-electron chi connectivity index (χ0n) is 15.8. The van der Waals surface area contributed by atoms with E-state index in [9.17, 15) is 9.59 Å². The Hall–Kier alpha value is -3.35. The van der Waals surface area contributed by atoms with Crippen LogP contribution in [0.2, 0.25) is 0 Å². The van der Waals surface area contributed by atoms with Gasteiger partial charge in [0.2, 0.25) is 0 Å². The van der Waals surface area contributed by atoms with Crippen molar-refractivity contribution in [2.45, 2.75) is 12.5 Å². The molecule has 3 amide bonds. The van der Waals surface area contributed by atoms with Crippen molar-refractivity contribution in [2.24, 2.45) is 5.10 Å². The standard InChI is InChI=1S/C20H22N4O3/c1-20(15-7-11-17(27-4)12-8-15)18(25)24(19(26)22-20)21-13-14-5-9-16(10-6-14)23(2)3/h5-13H,1-4H3,(H,22,26)/b21-13-/t20-/m0/s1. The summed E-state index contributed by atoms with van der Waals surface area (Å²) in [5.74, 6) is 0.244. The van der Waals surface area contributed by atoms with Crippen LogP contribution in [-0.2, 0) is 10.3 Å². The third-order valence-electron chi connectivity index (χ3n) is 4.57. The van der Waals surface area contributed by atoms with Gasteiger partial charge in [-0.2, -0.15) is 5.10 Å². The molecule has 2 aromatic carbocycles. The lowest BCUT2D eigenvalue weighted by atomic mass is 9.92. The van der Waals surface area contributed by atoms with E-state index in [4.69, 9.17) is 4.74 Å². The van der Waals surface area contributed by atoms with Gasteiger partial charge in [-0.1, -0.05) is 24.3 Å². The molecule has 1 aliphatic heterocycles. The summed E-state index contributed by atoms with van der Waals surface area (Å²) in [5.41, 5.74) is 1.33. The Morgan fingerprint density at radius 2 is 1.70 bits per heavy atom. The number of rotatable bonds is 5. The number of benzene rings is 2. The van der Waals surface area contributed by atoms with E-state index in [-0.39, 0.29) is 0 Å². The number of hydrazone groups is 1. The minimum atomic E-state index is -1.17. The van der Waals surface area contributed by atoms with Crippen LogP contribution >= 0.6 is 0 Å². The molecule has 140 valence electrons. The Balaban J connectivity index is 1.80. The fourth-order valence-electron chi connectivity index (χ4n) is 2.83. The molecule has 0 saturated carbocycles. The van der Waals surface area contributed by atoms with E-state index in [1.54, 1.807) is 38.3 Å². The molecule has 7 nitrogen and oxygen atoms in total. The van der Waals surface area contributed by atoms with Gasteiger partial charge < -0.3 is 15.0 Å². The van der Waals surface area contributed by atoms with Crippen molar-refractivity contribution in [2.75, 3.05) is 26.1 Å². The first-order valence-corrected chi connectivity index (χ1v) is 8.48. The van der Waals surface area contributed by atoms with Gasteiger partial charge in [-0.15, -0.1) is 5.01 Å². The maximum atomic E-state index is 12.8. The first kappa shape index (κ1) is 18.4. The fourth-order valence-corrected chi connectivity index (χ4v) is 2.83. The van der Waals surface area contributed by atoms with Gasteiger partial charge >= 0.3 is 6.03 Å². The van der Waals surface area contributed by atoms with Crippen molar-refractivity contribution in [3.8, 4) is 5.75 Å². The van der Waals surface area contributed by atoms with Gasteiger partial charge in [-0.3, -0.25) is 4.79 Å². The fraction of sp³-hybridized carbons (Fsp3) is 0.250. The molecule has 0 bridgehead atoms. The molecule has 3 rings (SSSR count). The molecule has 0 aliphatic carbocycles. The number of carbonyl (C=O) groups is 2. The molecule has 0 spiro atoms. The molecule has 7 heteroatoms. The second kappa shape index (κ2) is 7.11. The van der Waals surface area contributed by atoms with E-state index in [2.05, 4.69) is 10.4 Å². The summed E-state index contributed by atoms with van der Waals surface area (Å²) in [6.07, 6.45) is 1.50. The van der Waals surface area contributed by atoms with Crippen LogP contribution in [0, 0.1) is 0 Å². The molecule has 0 unspecified atom stereocenters. The number of nitrogens with one attached hydrogen (secondary N) is 1. The lowest BCUT2D eigenvalue weighted by molar-refractivity contribution is -0.131. The van der Waals surface area contributed by atoms with Crippen LogP contribution in [0.4, 0.5) is 10.5 Å². The Morgan fingerprint density at radius 3 is 2.26 bits per heavy atom. The Kier molecular flexibility index (Phi) is 4.85. The summed E-state index contributed by atoms with van der Waals surface area (Å²) >= 11 is 0. The molecular formula is C20H22N4O3. The number of ether oxygens (including phenoxy) is 1. The largest absolute Gasteiger partial charge is 0.497 e. The van der Waals surface area contributed by atoms with Crippen LogP contribution in [0.3, 0.4) is 0 Å². The van der Waals surface area contributed by atoms with Crippen LogP contribution in [0.5, 0.6) is 5.75 Å². The topological polar surface area (TPSA) is 74.2 Å². The van der Waals surface area contributed by atoms with Crippen molar-refractivity contribution in [3.05, 3.63) is 59.7 Å². The average Bonchev–Trinajstić information content (AvgIpc) is 2.90. The highest BCUT2D eigenvalue weighted by Gasteiger charge is 2.49. The minimum absolute atomic E-state index is 0.432. The van der Waals surface area contributed by atoms with Gasteiger partial charge in [0, 0.05) is 19.8 Å². The van der Waals surface area contributed by atoms with Crippen molar-refractivity contribution < 1.29 is 14.3 Å². The SMILES string of the molecule is COc1ccc([C@]2(C)NC(=O)N(/N=C\c3ccc(N(C)C)cc3)C2=O)cc1. The number of imide groups is 1. The van der Waals surface area contributed by atoms with Crippen LogP contribution in [0.15, 0.2) is 53.6 Å². The highest BCUT2D eigenvalue weighted by atomic mass is 16.5. The lowest BCUT2D eigenvalue weighted by Crippen LogP contribution is -2.40. The zero-order valence-corrected chi connectivity index (χ0v) is 15.8. The van der Waals surface area contributed by atoms with E-state index >= 15 is 0 Å². The van der Waals surface area contributed by atoms with Gasteiger partial charge in [-0.25, -0.2) is 4.79 Å². The summed E-state index contributed by atoms with van der Waals surface area (Å²) in [7, 11) is 5.48. The molecule has 1 N–H and O–H groups in total. The number of carbonyl (C=O) groups excluding carboxylic acids is 2. The monoisotopic (exact) mass is 366 g/mol. The van der Waals surface area contributed by atoms with E-state index in [0.717, 1.165) is 16.3 Å². The van der Waals surface area contributed by atoms with Crippen LogP contribution < -0.4 is 15.0 Å². The van der Waals surface area contributed by atoms with Gasteiger partial charge in [0.15, 0.2) is 0 Å². The van der Waals surface area contributed by atoms with E-state index in [1.807, 2.05) is 43.3 Å². The molecule has 0 aromatic heterocycles. The molecule has 2 aromatic rings. The van der Waals surface area contributed by atoms with Crippen LogP contribution in [0.1, 0.15) is 18.1 Å². The second-order valence-corrected chi connectivity index (χ2v) is 6.63. The third-order valence-corrected chi connectivity index (χ3v) is 4.57. The van der Waals surface area contributed by atoms with Gasteiger partial charge in [0.25, 0.3) is 5.91 Å². The molecule has 1 fully saturated rings. The smallest absolute Gasteiger partial charge is 0.346 e. The van der Waals surface area contributed by atoms with Crippen molar-refractivity contribution in [1.82, 2.24) is 10.3 Å². The predicted octanol–water partition coefficient (Wildman–Crippen LogP) is 2.56. The summed E-state index contributed by atoms with van der Waals surface area (Å²) in [6, 6.07) is 14.1. The first-order valence-electron chi connectivity index (χ1n) is 8.48. The van der Waals surface area contributed by atoms with E-state index in [1.165, 1.54) is 6.21 Å². The quantitative estimate of drug-likeness (QED) is 0.652. The third kappa shape index (κ3) is 3.48. The molecule has 1 atom stereocenters. The maximum Gasteiger partial charge on any atom is 0.346 e. The Bertz CT molecular complexity index is 875. The molecule has 0 radical (unpaired) electrons. The van der Waals surface area contributed by atoms with Gasteiger partial charge in [0.1, 0.15) is 11.3 Å². The van der Waals surface area contributed by atoms with Crippen LogP contribution in [0.25, 0.3) is 0 Å². The molecular weight excluding hydrogens is 344 g/mol. The summed E-state index contributed by atoms with van der Waals surface area (Å²) < 4.78 is 5.14. The zero-order chi connectivity index (χ0) is 19.6. The summed E-state index contributed by atoms with van der Waals surface area (Å²) in [5, 5.41) is 7.68. The second-order valence-electron chi connectivity index (χ2n) is 6.63. The number of nitrogens with zero attached hydrogens (tertiary/aromatic N) is 3. The minimum Gasteiger partial charge on any atom is -0.497 e. The average molecular weight is 366 g/mol. The van der Waals surface area contributed by atoms with Crippen molar-refractivity contribution in [3.63, 3.8) is 0 Å². The number of hydrogen-bond donors (Lipinski definition) is 1. The number of hydrogen-bond acceptors (Lipinski definition) is 5. The highest BCUT2D eigenvalue weighted by Crippen LogP contribution is 2.30. The number of methoxy groups -OCH3 is 1. The van der Waals surface area contributed by atoms with Crippen molar-refractivity contribution >= 4 is 23.8 Å². The first-order chi connectivity index (χ1) is 12.8. The Morgan fingerprint density at radius 1 is 1.07 bits per heavy atom. The van der Waals surface area contributed by atoms with E-state index in [0.29, 0.717) is 11.3 Å². The molecule has 1 saturated heterocycles. The molecule has 1 aliphatic rings. The number of amides is 3. The molecule has 27 heavy (non-hydrogen) atoms. The van der Waals surface area contributed by atoms with Crippen molar-refractivity contribution in [1.29, 1.82) is 0 Å². The number of urea groups is 1. The number of anilines is 1. The lowest BCUT2D eigenvalue weighted by Gasteiger charge is -2.21. The summed E-state index contributed by atoms with van der Waals surface area (Å²) in [4.78, 5) is 27.1. The van der Waals surface area contributed by atoms with Crippen LogP contribution in [-0.4, -0.2) is 44.4 Å². The van der Waals surface area contributed by atoms with Gasteiger partial charge in [-0.05, 0) is 42.3 Å². The highest BCUT2D eigenvalue weighted by molar-refractivity contribution is 6.07. The maximum absolute atomic E-state index is 12.8. The summed E-state index contributed by atoms with van der Waals surface area (Å²) in [6.45, 7) is 1.66. The normalized spacial score (nSPS) is 19.5. The molecule has 1 heterocycles. The van der Waals surface area contributed by atoms with Gasteiger partial charge in [0.05, 0.1) is 13.3 Å².